The Labute approximate surface area is 89.8 Å². The van der Waals surface area contributed by atoms with Crippen LogP contribution in [0.3, 0.4) is 0 Å². The van der Waals surface area contributed by atoms with Gasteiger partial charge in [0.25, 0.3) is 5.00 Å². The summed E-state index contributed by atoms with van der Waals surface area (Å²) in [5, 5.41) is 11.1. The fourth-order valence-corrected chi connectivity index (χ4v) is 3.03. The minimum atomic E-state index is -0.963. The molecular weight excluding hydrogens is 210 g/mol. The third kappa shape index (κ3) is 1.71. The molecule has 3 nitrogen and oxygen atoms in total. The monoisotopic (exact) mass is 220 g/mol. The lowest BCUT2D eigenvalue weighted by Crippen LogP contribution is -1.97. The van der Waals surface area contributed by atoms with Gasteiger partial charge in [0.1, 0.15) is 10.9 Å². The summed E-state index contributed by atoms with van der Waals surface area (Å²) in [5.74, 6) is -0.963. The molecule has 1 aromatic carbocycles. The van der Waals surface area contributed by atoms with Gasteiger partial charge < -0.3 is 10.8 Å². The Balaban J connectivity index is 2.52. The maximum absolute atomic E-state index is 10.8. The Kier molecular flexibility index (Phi) is 2.43. The van der Waals surface area contributed by atoms with E-state index in [2.05, 4.69) is 0 Å². The van der Waals surface area contributed by atoms with Crippen LogP contribution in [0.15, 0.2) is 41.8 Å². The van der Waals surface area contributed by atoms with Crippen LogP contribution in [0.2, 0.25) is 0 Å². The van der Waals surface area contributed by atoms with E-state index in [1.54, 1.807) is 6.07 Å². The molecule has 76 valence electrons. The van der Waals surface area contributed by atoms with E-state index in [-0.39, 0.29) is 5.56 Å². The third-order valence-corrected chi connectivity index (χ3v) is 3.98. The smallest absolute Gasteiger partial charge is 0.343 e. The molecule has 1 heterocycles. The molecule has 0 aliphatic heterocycles. The number of aromatic carboxylic acids is 1. The van der Waals surface area contributed by atoms with Gasteiger partial charge in [-0.1, -0.05) is 18.2 Å². The lowest BCUT2D eigenvalue weighted by molar-refractivity contribution is 0.0698. The predicted molar refractivity (Wildman–Crippen MR) is 61.6 cm³/mol. The Morgan fingerprint density at radius 2 is 1.87 bits per heavy atom. The maximum Gasteiger partial charge on any atom is 0.343 e. The molecule has 0 amide bonds. The number of thiophene rings is 1. The fourth-order valence-electron chi connectivity index (χ4n) is 1.36. The van der Waals surface area contributed by atoms with Crippen LogP contribution in [0.4, 0.5) is 5.00 Å². The third-order valence-electron chi connectivity index (χ3n) is 2.10. The fraction of sp³-hybridized carbons (Fsp3) is 0. The van der Waals surface area contributed by atoms with E-state index in [4.69, 9.17) is 10.8 Å². The number of rotatable bonds is 2. The Morgan fingerprint density at radius 3 is 2.40 bits per heavy atom. The largest absolute Gasteiger partial charge is 0.477 e. The first-order valence-electron chi connectivity index (χ1n) is 4.39. The van der Waals surface area contributed by atoms with Crippen molar-refractivity contribution in [3.05, 3.63) is 47.3 Å². The first-order valence-corrected chi connectivity index (χ1v) is 5.68. The number of carbonyl (C=O) groups is 1. The summed E-state index contributed by atoms with van der Waals surface area (Å²) in [4.78, 5) is 11.8. The van der Waals surface area contributed by atoms with Crippen molar-refractivity contribution in [1.82, 2.24) is 0 Å². The van der Waals surface area contributed by atoms with Crippen LogP contribution in [0, 0.1) is 0 Å². The van der Waals surface area contributed by atoms with Crippen molar-refractivity contribution in [3.8, 4) is 4.90 Å². The van der Waals surface area contributed by atoms with Gasteiger partial charge in [-0.05, 0) is 12.1 Å². The standard InChI is InChI=1S/C11H9NO2S/c12-10-9(11(13)14)6-7-15(10)8-4-2-1-3-5-8/h1-7H,12H2/p+1. The first kappa shape index (κ1) is 9.73. The van der Waals surface area contributed by atoms with Gasteiger partial charge in [-0.3, -0.25) is 0 Å². The Morgan fingerprint density at radius 1 is 1.20 bits per heavy atom. The number of carboxylic acids is 1. The molecule has 2 aromatic rings. The molecule has 0 aliphatic carbocycles. The summed E-state index contributed by atoms with van der Waals surface area (Å²) in [6.07, 6.45) is 0. The van der Waals surface area contributed by atoms with Crippen LogP contribution in [0.1, 0.15) is 10.4 Å². The van der Waals surface area contributed by atoms with Crippen LogP contribution < -0.4 is 5.73 Å². The van der Waals surface area contributed by atoms with E-state index < -0.39 is 16.4 Å². The second-order valence-corrected chi connectivity index (χ2v) is 4.90. The van der Waals surface area contributed by atoms with Crippen molar-refractivity contribution >= 4 is 21.4 Å². The van der Waals surface area contributed by atoms with Gasteiger partial charge in [-0.2, -0.15) is 0 Å². The summed E-state index contributed by atoms with van der Waals surface area (Å²) < 4.78 is 0. The zero-order valence-electron chi connectivity index (χ0n) is 7.88. The number of nitrogens with two attached hydrogens (primary N) is 1. The molecule has 0 aliphatic rings. The zero-order valence-corrected chi connectivity index (χ0v) is 8.70. The molecule has 15 heavy (non-hydrogen) atoms. The number of nitrogen functional groups attached to an aromatic ring is 1. The van der Waals surface area contributed by atoms with E-state index in [1.165, 1.54) is 0 Å². The SMILES string of the molecule is Nc1c(C(=O)O)cc[s+]1-c1ccccc1. The van der Waals surface area contributed by atoms with E-state index in [1.807, 2.05) is 35.7 Å². The number of benzene rings is 1. The maximum atomic E-state index is 10.8. The molecule has 0 fully saturated rings. The lowest BCUT2D eigenvalue weighted by Gasteiger charge is -1.91. The van der Waals surface area contributed by atoms with E-state index >= 15 is 0 Å². The average Bonchev–Trinajstić information content (AvgIpc) is 2.61. The molecule has 4 heteroatoms. The highest BCUT2D eigenvalue weighted by Crippen LogP contribution is 2.39. The number of hydrogen-bond donors (Lipinski definition) is 2. The molecular formula is C11H10NO2S+. The highest BCUT2D eigenvalue weighted by molar-refractivity contribution is 7.41. The Bertz CT molecular complexity index is 491. The summed E-state index contributed by atoms with van der Waals surface area (Å²) in [7, 11) is -0.390. The van der Waals surface area contributed by atoms with Gasteiger partial charge in [-0.15, -0.1) is 0 Å². The van der Waals surface area contributed by atoms with Crippen molar-refractivity contribution in [2.24, 2.45) is 0 Å². The van der Waals surface area contributed by atoms with Gasteiger partial charge in [0.05, 0.1) is 0 Å². The topological polar surface area (TPSA) is 63.3 Å². The normalized spacial score (nSPS) is 11.3. The predicted octanol–water partition coefficient (Wildman–Crippen LogP) is 2.71. The van der Waals surface area contributed by atoms with Gasteiger partial charge in [0, 0.05) is 16.5 Å². The molecule has 0 bridgehead atoms. The summed E-state index contributed by atoms with van der Waals surface area (Å²) in [6.45, 7) is 0. The zero-order chi connectivity index (χ0) is 10.8. The molecule has 1 aromatic heterocycles. The second kappa shape index (κ2) is 3.74. The lowest BCUT2D eigenvalue weighted by atomic mass is 10.3. The molecule has 3 N–H and O–H groups in total. The molecule has 0 spiro atoms. The van der Waals surface area contributed by atoms with Crippen molar-refractivity contribution in [1.29, 1.82) is 0 Å². The van der Waals surface area contributed by atoms with E-state index in [0.29, 0.717) is 5.00 Å². The van der Waals surface area contributed by atoms with Crippen molar-refractivity contribution in [2.45, 2.75) is 0 Å². The molecule has 1 atom stereocenters. The molecule has 1 unspecified atom stereocenters. The van der Waals surface area contributed by atoms with Crippen LogP contribution >= 0.6 is 10.5 Å². The summed E-state index contributed by atoms with van der Waals surface area (Å²) in [6, 6.07) is 11.2. The van der Waals surface area contributed by atoms with Crippen LogP contribution in [0.5, 0.6) is 0 Å². The van der Waals surface area contributed by atoms with Crippen LogP contribution in [-0.4, -0.2) is 11.1 Å². The number of anilines is 1. The minimum absolute atomic E-state index is 0.210. The second-order valence-electron chi connectivity index (χ2n) is 3.04. The van der Waals surface area contributed by atoms with E-state index in [0.717, 1.165) is 4.90 Å². The van der Waals surface area contributed by atoms with Gasteiger partial charge in [0.15, 0.2) is 4.90 Å². The van der Waals surface area contributed by atoms with Crippen molar-refractivity contribution in [3.63, 3.8) is 0 Å². The summed E-state index contributed by atoms with van der Waals surface area (Å²) >= 11 is 0. The van der Waals surface area contributed by atoms with E-state index in [9.17, 15) is 4.79 Å². The highest BCUT2D eigenvalue weighted by atomic mass is 32.2. The van der Waals surface area contributed by atoms with Gasteiger partial charge in [-0.25, -0.2) is 4.79 Å². The van der Waals surface area contributed by atoms with Crippen molar-refractivity contribution in [2.75, 3.05) is 5.73 Å². The van der Waals surface area contributed by atoms with Crippen molar-refractivity contribution < 1.29 is 9.90 Å². The molecule has 2 rings (SSSR count). The first-order chi connectivity index (χ1) is 7.20. The van der Waals surface area contributed by atoms with Crippen LogP contribution in [-0.2, 0) is 0 Å². The summed E-state index contributed by atoms with van der Waals surface area (Å²) in [5.41, 5.74) is 6.02. The number of hydrogen-bond acceptors (Lipinski definition) is 2. The van der Waals surface area contributed by atoms with Gasteiger partial charge >= 0.3 is 5.97 Å². The molecule has 0 saturated heterocycles. The quantitative estimate of drug-likeness (QED) is 0.765. The van der Waals surface area contributed by atoms with Gasteiger partial charge in [0.2, 0.25) is 0 Å². The minimum Gasteiger partial charge on any atom is -0.477 e. The highest BCUT2D eigenvalue weighted by Gasteiger charge is 2.22. The molecule has 0 saturated carbocycles. The number of carboxylic acid groups (broad SMARTS) is 1. The average molecular weight is 220 g/mol. The Hall–Kier alpha value is -1.81. The molecule has 0 radical (unpaired) electrons. The van der Waals surface area contributed by atoms with Crippen LogP contribution in [0.25, 0.3) is 4.90 Å².